The van der Waals surface area contributed by atoms with E-state index in [0.29, 0.717) is 12.1 Å². The molecule has 0 N–H and O–H groups in total. The molecule has 2 atom stereocenters. The summed E-state index contributed by atoms with van der Waals surface area (Å²) in [4.78, 5) is 2.35. The van der Waals surface area contributed by atoms with Gasteiger partial charge >= 0.3 is 0 Å². The third kappa shape index (κ3) is 2.85. The van der Waals surface area contributed by atoms with E-state index in [9.17, 15) is 0 Å². The molecule has 1 aliphatic heterocycles. The van der Waals surface area contributed by atoms with E-state index in [2.05, 4.69) is 68.9 Å². The third-order valence-corrected chi connectivity index (χ3v) is 4.50. The Hall–Kier alpha value is -0.0600. The Labute approximate surface area is 120 Å². The maximum Gasteiger partial charge on any atom is 0.0750 e. The van der Waals surface area contributed by atoms with Crippen molar-refractivity contribution in [3.05, 3.63) is 28.2 Å². The van der Waals surface area contributed by atoms with Crippen LogP contribution in [0.1, 0.15) is 18.9 Å². The normalized spacial score (nSPS) is 24.0. The summed E-state index contributed by atoms with van der Waals surface area (Å²) >= 11 is 7.10. The van der Waals surface area contributed by atoms with E-state index in [-0.39, 0.29) is 0 Å². The Kier molecular flexibility index (Phi) is 4.50. The van der Waals surface area contributed by atoms with E-state index in [1.54, 1.807) is 0 Å². The van der Waals surface area contributed by atoms with Crippen LogP contribution in [0.2, 0.25) is 0 Å². The highest BCUT2D eigenvalue weighted by Crippen LogP contribution is 2.30. The van der Waals surface area contributed by atoms with Crippen LogP contribution in [0.15, 0.2) is 22.7 Å². The summed E-state index contributed by atoms with van der Waals surface area (Å²) in [7, 11) is 2.16. The van der Waals surface area contributed by atoms with Crippen molar-refractivity contribution in [1.82, 2.24) is 0 Å². The monoisotopic (exact) mass is 361 g/mol. The molecule has 0 radical (unpaired) electrons. The van der Waals surface area contributed by atoms with E-state index >= 15 is 0 Å². The maximum absolute atomic E-state index is 5.65. The molecule has 1 saturated heterocycles. The number of rotatable bonds is 3. The minimum atomic E-state index is 0.308. The lowest BCUT2D eigenvalue weighted by Gasteiger charge is -2.30. The smallest absolute Gasteiger partial charge is 0.0750 e. The molecule has 1 aromatic rings. The van der Waals surface area contributed by atoms with E-state index in [1.165, 1.54) is 11.3 Å². The number of likely N-dealkylation sites (N-methyl/N-ethyl adjacent to an activating group) is 1. The maximum atomic E-state index is 5.65. The molecule has 0 spiro atoms. The zero-order chi connectivity index (χ0) is 12.4. The second-order valence-electron chi connectivity index (χ2n) is 4.45. The number of alkyl halides is 1. The minimum Gasteiger partial charge on any atom is -0.376 e. The fourth-order valence-corrected chi connectivity index (χ4v) is 3.21. The molecule has 2 unspecified atom stereocenters. The molecule has 0 aromatic heterocycles. The molecule has 0 bridgehead atoms. The molecule has 94 valence electrons. The fraction of sp³-hybridized carbons (Fsp3) is 0.538. The Balaban J connectivity index is 2.28. The lowest BCUT2D eigenvalue weighted by atomic mass is 10.1. The molecular weight excluding hydrogens is 346 g/mol. The average Bonchev–Trinajstić information content (AvgIpc) is 2.74. The van der Waals surface area contributed by atoms with Gasteiger partial charge in [0.15, 0.2) is 0 Å². The van der Waals surface area contributed by atoms with Gasteiger partial charge in [0.1, 0.15) is 0 Å². The van der Waals surface area contributed by atoms with Crippen LogP contribution in [0.3, 0.4) is 0 Å². The van der Waals surface area contributed by atoms with E-state index in [1.807, 2.05) is 0 Å². The predicted octanol–water partition coefficient (Wildman–Crippen LogP) is 3.96. The van der Waals surface area contributed by atoms with Gasteiger partial charge in [-0.2, -0.15) is 0 Å². The van der Waals surface area contributed by atoms with Crippen LogP contribution >= 0.6 is 31.9 Å². The van der Waals surface area contributed by atoms with Crippen molar-refractivity contribution >= 4 is 37.5 Å². The summed E-state index contributed by atoms with van der Waals surface area (Å²) in [5.74, 6) is 0. The van der Waals surface area contributed by atoms with Crippen LogP contribution in [0.4, 0.5) is 5.69 Å². The Morgan fingerprint density at radius 3 is 2.82 bits per heavy atom. The number of anilines is 1. The lowest BCUT2D eigenvalue weighted by Crippen LogP contribution is -2.37. The summed E-state index contributed by atoms with van der Waals surface area (Å²) in [5.41, 5.74) is 2.59. The van der Waals surface area contributed by atoms with Crippen molar-refractivity contribution in [1.29, 1.82) is 0 Å². The van der Waals surface area contributed by atoms with Crippen LogP contribution in [0.5, 0.6) is 0 Å². The molecule has 1 aliphatic rings. The van der Waals surface area contributed by atoms with Crippen LogP contribution in [-0.4, -0.2) is 25.8 Å². The van der Waals surface area contributed by atoms with Crippen LogP contribution in [0.25, 0.3) is 0 Å². The second-order valence-corrected chi connectivity index (χ2v) is 5.93. The number of hydrogen-bond acceptors (Lipinski definition) is 2. The Bertz CT molecular complexity index is 397. The van der Waals surface area contributed by atoms with Crippen LogP contribution in [0, 0.1) is 0 Å². The first-order valence-corrected chi connectivity index (χ1v) is 7.73. The Morgan fingerprint density at radius 2 is 2.24 bits per heavy atom. The highest BCUT2D eigenvalue weighted by Gasteiger charge is 2.28. The first kappa shape index (κ1) is 13.4. The first-order valence-electron chi connectivity index (χ1n) is 5.82. The molecule has 0 saturated carbocycles. The van der Waals surface area contributed by atoms with Gasteiger partial charge in [0.25, 0.3) is 0 Å². The lowest BCUT2D eigenvalue weighted by molar-refractivity contribution is 0.118. The van der Waals surface area contributed by atoms with Crippen molar-refractivity contribution in [3.63, 3.8) is 0 Å². The molecule has 4 heteroatoms. The van der Waals surface area contributed by atoms with Gasteiger partial charge in [-0.15, -0.1) is 0 Å². The zero-order valence-corrected chi connectivity index (χ0v) is 13.3. The number of hydrogen-bond donors (Lipinski definition) is 0. The van der Waals surface area contributed by atoms with E-state index < -0.39 is 0 Å². The standard InChI is InChI=1S/C13H17Br2NO/c1-9-12(5-6-17-9)16(2)13-7-11(15)4-3-10(13)8-14/h3-4,7,9,12H,5-6,8H2,1-2H3. The predicted molar refractivity (Wildman–Crippen MR) is 79.0 cm³/mol. The minimum absolute atomic E-state index is 0.308. The van der Waals surface area contributed by atoms with Crippen molar-refractivity contribution < 1.29 is 4.74 Å². The van der Waals surface area contributed by atoms with Crippen molar-refractivity contribution in [2.75, 3.05) is 18.6 Å². The van der Waals surface area contributed by atoms with Gasteiger partial charge in [-0.25, -0.2) is 0 Å². The molecule has 17 heavy (non-hydrogen) atoms. The van der Waals surface area contributed by atoms with Gasteiger partial charge in [0.2, 0.25) is 0 Å². The van der Waals surface area contributed by atoms with E-state index in [4.69, 9.17) is 4.74 Å². The molecule has 0 amide bonds. The molecule has 2 nitrogen and oxygen atoms in total. The molecular formula is C13H17Br2NO. The molecule has 2 rings (SSSR count). The third-order valence-electron chi connectivity index (χ3n) is 3.40. The Morgan fingerprint density at radius 1 is 1.47 bits per heavy atom. The van der Waals surface area contributed by atoms with Crippen LogP contribution in [-0.2, 0) is 10.1 Å². The quantitative estimate of drug-likeness (QED) is 0.754. The first-order chi connectivity index (χ1) is 8.13. The largest absolute Gasteiger partial charge is 0.376 e. The van der Waals surface area contributed by atoms with Crippen molar-refractivity contribution in [2.45, 2.75) is 30.8 Å². The highest BCUT2D eigenvalue weighted by molar-refractivity contribution is 9.10. The number of halogens is 2. The summed E-state index contributed by atoms with van der Waals surface area (Å²) in [5, 5.41) is 0.877. The van der Waals surface area contributed by atoms with Gasteiger partial charge in [-0.3, -0.25) is 0 Å². The summed E-state index contributed by atoms with van der Waals surface area (Å²) in [6.45, 7) is 3.02. The van der Waals surface area contributed by atoms with Gasteiger partial charge in [0.05, 0.1) is 12.1 Å². The SMILES string of the molecule is CC1OCCC1N(C)c1cc(Br)ccc1CBr. The molecule has 1 fully saturated rings. The molecule has 0 aliphatic carbocycles. The number of ether oxygens (including phenoxy) is 1. The fourth-order valence-electron chi connectivity index (χ4n) is 2.39. The van der Waals surface area contributed by atoms with Gasteiger partial charge in [0, 0.05) is 29.1 Å². The van der Waals surface area contributed by atoms with Crippen molar-refractivity contribution in [3.8, 4) is 0 Å². The second kappa shape index (κ2) is 5.72. The number of benzene rings is 1. The summed E-state index contributed by atoms with van der Waals surface area (Å²) < 4.78 is 6.77. The summed E-state index contributed by atoms with van der Waals surface area (Å²) in [6, 6.07) is 6.90. The van der Waals surface area contributed by atoms with Gasteiger partial charge in [-0.1, -0.05) is 37.9 Å². The van der Waals surface area contributed by atoms with Gasteiger partial charge < -0.3 is 9.64 Å². The zero-order valence-electron chi connectivity index (χ0n) is 10.1. The summed E-state index contributed by atoms with van der Waals surface area (Å²) in [6.07, 6.45) is 1.41. The average molecular weight is 363 g/mol. The topological polar surface area (TPSA) is 12.5 Å². The van der Waals surface area contributed by atoms with Crippen molar-refractivity contribution in [2.24, 2.45) is 0 Å². The van der Waals surface area contributed by atoms with Gasteiger partial charge in [-0.05, 0) is 31.0 Å². The number of nitrogens with zero attached hydrogens (tertiary/aromatic N) is 1. The van der Waals surface area contributed by atoms with E-state index in [0.717, 1.165) is 22.8 Å². The molecule has 1 heterocycles. The molecule has 1 aromatic carbocycles. The van der Waals surface area contributed by atoms with Crippen LogP contribution < -0.4 is 4.90 Å². The highest BCUT2D eigenvalue weighted by atomic mass is 79.9.